The van der Waals surface area contributed by atoms with E-state index in [1.54, 1.807) is 16.2 Å². The molecule has 0 aliphatic carbocycles. The molecule has 31 heavy (non-hydrogen) atoms. The maximum atomic E-state index is 13.2. The molecule has 0 saturated carbocycles. The molecule has 11 heteroatoms. The quantitative estimate of drug-likeness (QED) is 0.246. The fourth-order valence-electron chi connectivity index (χ4n) is 3.27. The van der Waals surface area contributed by atoms with Crippen molar-refractivity contribution < 1.29 is 22.4 Å². The zero-order valence-electron chi connectivity index (χ0n) is 16.8. The third-order valence-electron chi connectivity index (χ3n) is 4.84. The largest absolute Gasteiger partial charge is 0.416 e. The summed E-state index contributed by atoms with van der Waals surface area (Å²) in [6.07, 6.45) is -3.56. The Bertz CT molecular complexity index is 932. The number of carbonyl (C=O) groups excluding carboxylic acids is 1. The molecule has 0 spiro atoms. The van der Waals surface area contributed by atoms with E-state index in [1.807, 2.05) is 11.4 Å². The second kappa shape index (κ2) is 11.1. The third-order valence-corrected chi connectivity index (χ3v) is 5.86. The Hall–Kier alpha value is -1.89. The van der Waals surface area contributed by atoms with E-state index in [9.17, 15) is 22.4 Å². The fraction of sp³-hybridized carbons (Fsp3) is 0.400. The van der Waals surface area contributed by atoms with Crippen LogP contribution in [0.2, 0.25) is 0 Å². The average molecular weight is 570 g/mol. The SMILES string of the molecule is CN=C(NCCC(=O)N1CCc2sccc2C1)NCc1ccc(F)cc1C(F)(F)F.I. The van der Waals surface area contributed by atoms with Crippen molar-refractivity contribution in [1.82, 2.24) is 15.5 Å². The van der Waals surface area contributed by atoms with Crippen LogP contribution in [0, 0.1) is 5.82 Å². The minimum Gasteiger partial charge on any atom is -0.356 e. The van der Waals surface area contributed by atoms with Gasteiger partial charge in [0.15, 0.2) is 5.96 Å². The minimum absolute atomic E-state index is 0. The molecule has 2 N–H and O–H groups in total. The van der Waals surface area contributed by atoms with Gasteiger partial charge in [0.05, 0.1) is 5.56 Å². The number of alkyl halides is 3. The number of guanidine groups is 1. The molecule has 1 aliphatic heterocycles. The van der Waals surface area contributed by atoms with E-state index in [1.165, 1.54) is 17.5 Å². The number of amides is 1. The summed E-state index contributed by atoms with van der Waals surface area (Å²) in [4.78, 5) is 19.5. The number of aliphatic imine (C=N–C) groups is 1. The van der Waals surface area contributed by atoms with Gasteiger partial charge in [0.2, 0.25) is 5.91 Å². The van der Waals surface area contributed by atoms with Gasteiger partial charge >= 0.3 is 6.18 Å². The first-order chi connectivity index (χ1) is 14.3. The Balaban J connectivity index is 0.00000341. The Labute approximate surface area is 198 Å². The number of hydrogen-bond acceptors (Lipinski definition) is 3. The number of thiophene rings is 1. The van der Waals surface area contributed by atoms with E-state index in [2.05, 4.69) is 15.6 Å². The summed E-state index contributed by atoms with van der Waals surface area (Å²) in [6.45, 7) is 1.40. The first kappa shape index (κ1) is 25.4. The second-order valence-corrected chi connectivity index (χ2v) is 7.84. The molecular formula is C20H23F4IN4OS. The highest BCUT2D eigenvalue weighted by Gasteiger charge is 2.33. The molecule has 0 bridgehead atoms. The zero-order valence-corrected chi connectivity index (χ0v) is 19.9. The van der Waals surface area contributed by atoms with Gasteiger partial charge in [-0.3, -0.25) is 9.79 Å². The highest BCUT2D eigenvalue weighted by molar-refractivity contribution is 14.0. The van der Waals surface area contributed by atoms with Gasteiger partial charge in [0.1, 0.15) is 5.82 Å². The maximum absolute atomic E-state index is 13.2. The van der Waals surface area contributed by atoms with Gasteiger partial charge in [0, 0.05) is 44.5 Å². The summed E-state index contributed by atoms with van der Waals surface area (Å²) in [5.41, 5.74) is 0.0612. The Morgan fingerprint density at radius 2 is 2.03 bits per heavy atom. The van der Waals surface area contributed by atoms with Crippen LogP contribution >= 0.6 is 35.3 Å². The Kier molecular flexibility index (Phi) is 9.10. The molecule has 0 atom stereocenters. The third kappa shape index (κ3) is 6.79. The summed E-state index contributed by atoms with van der Waals surface area (Å²) >= 11 is 1.71. The summed E-state index contributed by atoms with van der Waals surface area (Å²) in [5.74, 6) is -0.675. The average Bonchev–Trinajstić information content (AvgIpc) is 3.18. The lowest BCUT2D eigenvalue weighted by atomic mass is 10.1. The number of nitrogens with one attached hydrogen (secondary N) is 2. The van der Waals surface area contributed by atoms with Crippen LogP contribution in [0.5, 0.6) is 0 Å². The number of rotatable bonds is 5. The van der Waals surface area contributed by atoms with Crippen molar-refractivity contribution in [1.29, 1.82) is 0 Å². The van der Waals surface area contributed by atoms with Crippen molar-refractivity contribution in [3.8, 4) is 0 Å². The molecule has 2 heterocycles. The van der Waals surface area contributed by atoms with Crippen LogP contribution in [0.4, 0.5) is 17.6 Å². The monoisotopic (exact) mass is 570 g/mol. The van der Waals surface area contributed by atoms with Crippen molar-refractivity contribution >= 4 is 47.2 Å². The van der Waals surface area contributed by atoms with E-state index in [0.29, 0.717) is 25.7 Å². The van der Waals surface area contributed by atoms with Gasteiger partial charge in [-0.15, -0.1) is 35.3 Å². The van der Waals surface area contributed by atoms with Gasteiger partial charge in [-0.05, 0) is 41.1 Å². The van der Waals surface area contributed by atoms with Crippen LogP contribution in [0.1, 0.15) is 28.0 Å². The highest BCUT2D eigenvalue weighted by Crippen LogP contribution is 2.32. The first-order valence-electron chi connectivity index (χ1n) is 9.41. The van der Waals surface area contributed by atoms with E-state index in [0.717, 1.165) is 18.6 Å². The number of nitrogens with zero attached hydrogens (tertiary/aromatic N) is 2. The van der Waals surface area contributed by atoms with Gasteiger partial charge < -0.3 is 15.5 Å². The van der Waals surface area contributed by atoms with E-state index in [-0.39, 0.29) is 54.4 Å². The zero-order chi connectivity index (χ0) is 21.7. The van der Waals surface area contributed by atoms with Crippen molar-refractivity contribution in [2.75, 3.05) is 20.1 Å². The molecule has 3 rings (SSSR count). The number of halogens is 5. The van der Waals surface area contributed by atoms with Crippen LogP contribution in [0.15, 0.2) is 34.6 Å². The molecule has 0 fully saturated rings. The van der Waals surface area contributed by atoms with Gasteiger partial charge in [-0.25, -0.2) is 4.39 Å². The molecule has 170 valence electrons. The van der Waals surface area contributed by atoms with Crippen molar-refractivity contribution in [2.24, 2.45) is 4.99 Å². The van der Waals surface area contributed by atoms with Crippen molar-refractivity contribution in [2.45, 2.75) is 32.1 Å². The van der Waals surface area contributed by atoms with E-state index in [4.69, 9.17) is 0 Å². The molecule has 0 radical (unpaired) electrons. The van der Waals surface area contributed by atoms with Crippen LogP contribution in [0.25, 0.3) is 0 Å². The predicted octanol–water partition coefficient (Wildman–Crippen LogP) is 4.16. The molecule has 2 aromatic rings. The minimum atomic E-state index is -4.65. The smallest absolute Gasteiger partial charge is 0.356 e. The molecule has 1 aromatic carbocycles. The number of benzene rings is 1. The van der Waals surface area contributed by atoms with Crippen molar-refractivity contribution in [3.05, 3.63) is 57.0 Å². The topological polar surface area (TPSA) is 56.7 Å². The van der Waals surface area contributed by atoms with Crippen molar-refractivity contribution in [3.63, 3.8) is 0 Å². The highest BCUT2D eigenvalue weighted by atomic mass is 127. The van der Waals surface area contributed by atoms with Gasteiger partial charge in [0.25, 0.3) is 0 Å². The van der Waals surface area contributed by atoms with Crippen LogP contribution in [-0.2, 0) is 30.5 Å². The second-order valence-electron chi connectivity index (χ2n) is 6.84. The number of carbonyl (C=O) groups is 1. The molecule has 1 aromatic heterocycles. The molecule has 0 saturated heterocycles. The number of fused-ring (bicyclic) bond motifs is 1. The van der Waals surface area contributed by atoms with Crippen LogP contribution in [0.3, 0.4) is 0 Å². The lowest BCUT2D eigenvalue weighted by Gasteiger charge is -2.27. The summed E-state index contributed by atoms with van der Waals surface area (Å²) < 4.78 is 52.5. The van der Waals surface area contributed by atoms with Crippen LogP contribution in [-0.4, -0.2) is 36.9 Å². The lowest BCUT2D eigenvalue weighted by Crippen LogP contribution is -2.41. The van der Waals surface area contributed by atoms with E-state index >= 15 is 0 Å². The molecule has 0 unspecified atom stereocenters. The number of hydrogen-bond donors (Lipinski definition) is 2. The molecule has 1 amide bonds. The normalized spacial score (nSPS) is 14.0. The summed E-state index contributed by atoms with van der Waals surface area (Å²) in [5, 5.41) is 7.73. The standard InChI is InChI=1S/C20H22F4N4OS.HI/c1-25-19(27-11-13-2-3-15(21)10-16(13)20(22,23)24)26-7-4-18(29)28-8-5-17-14(12-28)6-9-30-17;/h2-3,6,9-10H,4-5,7-8,11-12H2,1H3,(H2,25,26,27);1H. The van der Waals surface area contributed by atoms with Gasteiger partial charge in [-0.2, -0.15) is 13.2 Å². The van der Waals surface area contributed by atoms with Crippen LogP contribution < -0.4 is 10.6 Å². The molecular weight excluding hydrogens is 547 g/mol. The maximum Gasteiger partial charge on any atom is 0.416 e. The van der Waals surface area contributed by atoms with Gasteiger partial charge in [-0.1, -0.05) is 6.07 Å². The molecule has 5 nitrogen and oxygen atoms in total. The Morgan fingerprint density at radius 1 is 1.26 bits per heavy atom. The Morgan fingerprint density at radius 3 is 2.74 bits per heavy atom. The molecule has 1 aliphatic rings. The first-order valence-corrected chi connectivity index (χ1v) is 10.3. The van der Waals surface area contributed by atoms with E-state index < -0.39 is 17.6 Å². The fourth-order valence-corrected chi connectivity index (χ4v) is 4.16. The predicted molar refractivity (Wildman–Crippen MR) is 123 cm³/mol. The lowest BCUT2D eigenvalue weighted by molar-refractivity contribution is -0.138. The summed E-state index contributed by atoms with van der Waals surface area (Å²) in [7, 11) is 1.48. The summed E-state index contributed by atoms with van der Waals surface area (Å²) in [6, 6.07) is 4.59.